The first-order valence-electron chi connectivity index (χ1n) is 8.51. The molecule has 27 heavy (non-hydrogen) atoms. The summed E-state index contributed by atoms with van der Waals surface area (Å²) in [4.78, 5) is 13.1. The fourth-order valence-corrected chi connectivity index (χ4v) is 2.72. The van der Waals surface area contributed by atoms with Crippen molar-refractivity contribution in [3.63, 3.8) is 0 Å². The molecule has 0 spiro atoms. The monoisotopic (exact) mass is 357 g/mol. The summed E-state index contributed by atoms with van der Waals surface area (Å²) in [6.07, 6.45) is 1.46. The van der Waals surface area contributed by atoms with Gasteiger partial charge in [0.2, 0.25) is 0 Å². The summed E-state index contributed by atoms with van der Waals surface area (Å²) in [7, 11) is 0. The molecule has 0 saturated heterocycles. The van der Waals surface area contributed by atoms with Gasteiger partial charge in [-0.1, -0.05) is 36.4 Å². The van der Waals surface area contributed by atoms with Crippen molar-refractivity contribution in [2.24, 2.45) is 0 Å². The van der Waals surface area contributed by atoms with Crippen LogP contribution in [0.1, 0.15) is 5.69 Å². The van der Waals surface area contributed by atoms with Crippen LogP contribution in [0, 0.1) is 6.92 Å². The highest BCUT2D eigenvalue weighted by atomic mass is 15.4. The maximum absolute atomic E-state index is 6.26. The van der Waals surface area contributed by atoms with E-state index in [1.165, 1.54) is 6.33 Å². The second-order valence-electron chi connectivity index (χ2n) is 6.06. The van der Waals surface area contributed by atoms with Crippen LogP contribution in [-0.2, 0) is 0 Å². The Hall–Kier alpha value is -3.87. The molecule has 134 valence electrons. The molecule has 0 bridgehead atoms. The van der Waals surface area contributed by atoms with Gasteiger partial charge in [-0.05, 0) is 31.2 Å². The number of aryl methyl sites for hydroxylation is 1. The topological polar surface area (TPSA) is 101 Å². The van der Waals surface area contributed by atoms with Gasteiger partial charge < -0.3 is 11.1 Å². The van der Waals surface area contributed by atoms with Gasteiger partial charge >= 0.3 is 0 Å². The Bertz CT molecular complexity index is 1080. The highest BCUT2D eigenvalue weighted by molar-refractivity contribution is 5.93. The minimum absolute atomic E-state index is 0.408. The maximum atomic E-state index is 6.26. The summed E-state index contributed by atoms with van der Waals surface area (Å²) < 4.78 is 0. The number of hydrogen-bond donors (Lipinski definition) is 4. The lowest BCUT2D eigenvalue weighted by Gasteiger charge is -2.14. The van der Waals surface area contributed by atoms with Gasteiger partial charge in [0.1, 0.15) is 12.0 Å². The van der Waals surface area contributed by atoms with Crippen molar-refractivity contribution >= 4 is 39.6 Å². The third kappa shape index (κ3) is 3.57. The van der Waals surface area contributed by atoms with E-state index in [0.29, 0.717) is 17.3 Å². The number of hydrogen-bond acceptors (Lipinski definition) is 7. The number of benzene rings is 2. The SMILES string of the molecule is Cc1ccc2cccc(Nc3ncnc(NNc4ccccc4)c3N)c2n1. The van der Waals surface area contributed by atoms with Crippen LogP contribution in [0.15, 0.2) is 67.0 Å². The largest absolute Gasteiger partial charge is 0.393 e. The third-order valence-corrected chi connectivity index (χ3v) is 4.10. The van der Waals surface area contributed by atoms with Crippen LogP contribution in [0.4, 0.5) is 28.7 Å². The van der Waals surface area contributed by atoms with Gasteiger partial charge in [0, 0.05) is 11.1 Å². The predicted octanol–water partition coefficient (Wildman–Crippen LogP) is 4.10. The summed E-state index contributed by atoms with van der Waals surface area (Å²) >= 11 is 0. The van der Waals surface area contributed by atoms with Crippen LogP contribution < -0.4 is 21.9 Å². The number of aromatic nitrogens is 3. The Kier molecular flexibility index (Phi) is 4.40. The summed E-state index contributed by atoms with van der Waals surface area (Å²) in [6, 6.07) is 19.7. The summed E-state index contributed by atoms with van der Waals surface area (Å²) in [5.74, 6) is 0.999. The normalized spacial score (nSPS) is 10.6. The summed E-state index contributed by atoms with van der Waals surface area (Å²) in [6.45, 7) is 1.96. The lowest BCUT2D eigenvalue weighted by Crippen LogP contribution is -2.13. The fourth-order valence-electron chi connectivity index (χ4n) is 2.72. The summed E-state index contributed by atoms with van der Waals surface area (Å²) in [5, 5.41) is 4.32. The van der Waals surface area contributed by atoms with Gasteiger partial charge in [-0.15, -0.1) is 0 Å². The second-order valence-corrected chi connectivity index (χ2v) is 6.06. The van der Waals surface area contributed by atoms with Crippen LogP contribution in [0.2, 0.25) is 0 Å². The van der Waals surface area contributed by atoms with E-state index in [4.69, 9.17) is 5.73 Å². The summed E-state index contributed by atoms with van der Waals surface area (Å²) in [5.41, 5.74) is 16.3. The van der Waals surface area contributed by atoms with Gasteiger partial charge in [-0.25, -0.2) is 9.97 Å². The van der Waals surface area contributed by atoms with Crippen molar-refractivity contribution < 1.29 is 0 Å². The van der Waals surface area contributed by atoms with E-state index in [2.05, 4.69) is 31.1 Å². The molecule has 0 saturated carbocycles. The smallest absolute Gasteiger partial charge is 0.173 e. The highest BCUT2D eigenvalue weighted by Crippen LogP contribution is 2.29. The lowest BCUT2D eigenvalue weighted by molar-refractivity contribution is 1.16. The van der Waals surface area contributed by atoms with Crippen molar-refractivity contribution in [3.8, 4) is 0 Å². The number of para-hydroxylation sites is 2. The highest BCUT2D eigenvalue weighted by Gasteiger charge is 2.10. The van der Waals surface area contributed by atoms with Gasteiger partial charge in [-0.2, -0.15) is 0 Å². The Morgan fingerprint density at radius 3 is 2.48 bits per heavy atom. The number of fused-ring (bicyclic) bond motifs is 1. The zero-order valence-corrected chi connectivity index (χ0v) is 14.8. The van der Waals surface area contributed by atoms with Crippen molar-refractivity contribution in [2.75, 3.05) is 21.9 Å². The Morgan fingerprint density at radius 1 is 0.815 bits per heavy atom. The molecule has 0 aliphatic heterocycles. The molecule has 0 unspecified atom stereocenters. The van der Waals surface area contributed by atoms with Crippen LogP contribution in [0.3, 0.4) is 0 Å². The zero-order chi connectivity index (χ0) is 18.6. The molecule has 4 aromatic rings. The molecule has 2 aromatic carbocycles. The molecule has 5 N–H and O–H groups in total. The number of nitrogens with one attached hydrogen (secondary N) is 3. The number of anilines is 5. The van der Waals surface area contributed by atoms with Crippen molar-refractivity contribution in [1.82, 2.24) is 15.0 Å². The van der Waals surface area contributed by atoms with E-state index in [1.807, 2.05) is 67.6 Å². The number of nitrogens with two attached hydrogens (primary N) is 1. The molecule has 7 heteroatoms. The van der Waals surface area contributed by atoms with Crippen LogP contribution in [0.5, 0.6) is 0 Å². The number of rotatable bonds is 5. The molecule has 0 aliphatic carbocycles. The molecular weight excluding hydrogens is 338 g/mol. The fraction of sp³-hybridized carbons (Fsp3) is 0.0500. The lowest BCUT2D eigenvalue weighted by atomic mass is 10.1. The Morgan fingerprint density at radius 2 is 1.63 bits per heavy atom. The van der Waals surface area contributed by atoms with Crippen LogP contribution >= 0.6 is 0 Å². The van der Waals surface area contributed by atoms with Crippen LogP contribution in [0.25, 0.3) is 10.9 Å². The van der Waals surface area contributed by atoms with E-state index in [9.17, 15) is 0 Å². The molecule has 0 fully saturated rings. The van der Waals surface area contributed by atoms with Gasteiger partial charge in [0.15, 0.2) is 11.6 Å². The van der Waals surface area contributed by atoms with Gasteiger partial charge in [0.25, 0.3) is 0 Å². The van der Waals surface area contributed by atoms with Gasteiger partial charge in [0.05, 0.1) is 16.9 Å². The average Bonchev–Trinajstić information content (AvgIpc) is 2.70. The number of nitrogen functional groups attached to an aromatic ring is 1. The molecular formula is C20H19N7. The number of nitrogens with zero attached hydrogens (tertiary/aromatic N) is 3. The zero-order valence-electron chi connectivity index (χ0n) is 14.8. The predicted molar refractivity (Wildman–Crippen MR) is 110 cm³/mol. The second kappa shape index (κ2) is 7.17. The number of hydrazine groups is 1. The van der Waals surface area contributed by atoms with Crippen molar-refractivity contribution in [2.45, 2.75) is 6.92 Å². The molecule has 0 aliphatic rings. The minimum atomic E-state index is 0.408. The first-order chi connectivity index (χ1) is 13.2. The molecule has 0 atom stereocenters. The van der Waals surface area contributed by atoms with Crippen molar-refractivity contribution in [3.05, 3.63) is 72.7 Å². The van der Waals surface area contributed by atoms with Crippen LogP contribution in [-0.4, -0.2) is 15.0 Å². The first-order valence-corrected chi connectivity index (χ1v) is 8.51. The van der Waals surface area contributed by atoms with E-state index in [1.54, 1.807) is 0 Å². The van der Waals surface area contributed by atoms with E-state index in [-0.39, 0.29) is 0 Å². The molecule has 2 heterocycles. The quantitative estimate of drug-likeness (QED) is 0.399. The number of pyridine rings is 1. The molecule has 4 rings (SSSR count). The minimum Gasteiger partial charge on any atom is -0.393 e. The molecule has 0 radical (unpaired) electrons. The third-order valence-electron chi connectivity index (χ3n) is 4.10. The van der Waals surface area contributed by atoms with E-state index >= 15 is 0 Å². The van der Waals surface area contributed by atoms with Crippen molar-refractivity contribution in [1.29, 1.82) is 0 Å². The molecule has 7 nitrogen and oxygen atoms in total. The van der Waals surface area contributed by atoms with E-state index < -0.39 is 0 Å². The van der Waals surface area contributed by atoms with E-state index in [0.717, 1.165) is 28.0 Å². The molecule has 0 amide bonds. The standard InChI is InChI=1S/C20H19N7/c1-13-10-11-14-6-5-9-16(18(14)24-13)25-19-17(21)20(23-12-22-19)27-26-15-7-3-2-4-8-15/h2-12,26H,21H2,1H3,(H2,22,23,25,27). The first kappa shape index (κ1) is 16.6. The Balaban J connectivity index is 1.61. The molecule has 2 aromatic heterocycles. The average molecular weight is 357 g/mol. The Labute approximate surface area is 156 Å². The maximum Gasteiger partial charge on any atom is 0.173 e. The van der Waals surface area contributed by atoms with Gasteiger partial charge in [-0.3, -0.25) is 15.8 Å².